The van der Waals surface area contributed by atoms with Crippen molar-refractivity contribution in [3.8, 4) is 5.88 Å². The largest absolute Gasteiger partial charge is 0.480 e. The lowest BCUT2D eigenvalue weighted by Crippen LogP contribution is -2.68. The number of piperidine rings is 1. The Hall–Kier alpha value is -0.490. The number of hydrogen-bond acceptors (Lipinski definition) is 5. The number of likely N-dealkylation sites (tertiary alicyclic amines) is 2. The van der Waals surface area contributed by atoms with Gasteiger partial charge in [0.1, 0.15) is 5.02 Å². The molecule has 0 spiro atoms. The molecule has 0 N–H and O–H groups in total. The van der Waals surface area contributed by atoms with Gasteiger partial charge < -0.3 is 4.74 Å². The highest BCUT2D eigenvalue weighted by Crippen LogP contribution is 2.35. The van der Waals surface area contributed by atoms with Crippen LogP contribution in [0.4, 0.5) is 0 Å². The van der Waals surface area contributed by atoms with Crippen molar-refractivity contribution in [2.75, 3.05) is 20.2 Å². The quantitative estimate of drug-likeness (QED) is 0.863. The fourth-order valence-electron chi connectivity index (χ4n) is 3.20. The molecule has 0 radical (unpaired) electrons. The second kappa shape index (κ2) is 5.72. The molecule has 2 bridgehead atoms. The van der Waals surface area contributed by atoms with Gasteiger partial charge in [-0.1, -0.05) is 11.6 Å². The minimum atomic E-state index is 0.347. The van der Waals surface area contributed by atoms with Crippen molar-refractivity contribution in [3.05, 3.63) is 22.8 Å². The number of rotatable bonds is 4. The fraction of sp³-hybridized carbons (Fsp3) is 0.643. The van der Waals surface area contributed by atoms with Crippen molar-refractivity contribution in [1.29, 1.82) is 0 Å². The number of pyridine rings is 1. The van der Waals surface area contributed by atoms with E-state index in [1.54, 1.807) is 7.11 Å². The van der Waals surface area contributed by atoms with Crippen LogP contribution in [0, 0.1) is 0 Å². The van der Waals surface area contributed by atoms with E-state index < -0.39 is 0 Å². The number of nitrogens with zero attached hydrogens (tertiary/aromatic N) is 3. The summed E-state index contributed by atoms with van der Waals surface area (Å²) in [4.78, 5) is 9.23. The number of fused-ring (bicyclic) bond motifs is 2. The zero-order valence-electron chi connectivity index (χ0n) is 11.8. The van der Waals surface area contributed by atoms with Crippen molar-refractivity contribution in [3.63, 3.8) is 0 Å². The Balaban J connectivity index is 1.64. The molecule has 3 heterocycles. The van der Waals surface area contributed by atoms with Crippen molar-refractivity contribution in [1.82, 2.24) is 14.8 Å². The zero-order valence-corrected chi connectivity index (χ0v) is 13.4. The SMILES string of the molecule is COc1ncc(CN2C3CC2CN(C(C)S)C3)cc1Cl. The first-order valence-corrected chi connectivity index (χ1v) is 7.84. The minimum Gasteiger partial charge on any atom is -0.480 e. The van der Waals surface area contributed by atoms with E-state index in [0.717, 1.165) is 25.2 Å². The van der Waals surface area contributed by atoms with Gasteiger partial charge in [0.2, 0.25) is 5.88 Å². The summed E-state index contributed by atoms with van der Waals surface area (Å²) >= 11 is 10.7. The molecule has 3 atom stereocenters. The van der Waals surface area contributed by atoms with Gasteiger partial charge in [-0.3, -0.25) is 9.80 Å². The van der Waals surface area contributed by atoms with Crippen LogP contribution in [0.3, 0.4) is 0 Å². The molecule has 4 nitrogen and oxygen atoms in total. The smallest absolute Gasteiger partial charge is 0.232 e. The fourth-order valence-corrected chi connectivity index (χ4v) is 3.65. The van der Waals surface area contributed by atoms with Crippen LogP contribution < -0.4 is 4.74 Å². The maximum absolute atomic E-state index is 6.14. The summed E-state index contributed by atoms with van der Waals surface area (Å²) in [5.74, 6) is 0.495. The van der Waals surface area contributed by atoms with Gasteiger partial charge in [0, 0.05) is 37.9 Å². The van der Waals surface area contributed by atoms with Crippen molar-refractivity contribution in [2.45, 2.75) is 37.3 Å². The molecule has 3 unspecified atom stereocenters. The number of halogens is 1. The van der Waals surface area contributed by atoms with Gasteiger partial charge in [-0.2, -0.15) is 12.6 Å². The summed E-state index contributed by atoms with van der Waals surface area (Å²) in [6.07, 6.45) is 3.16. The summed E-state index contributed by atoms with van der Waals surface area (Å²) in [5.41, 5.74) is 1.15. The molecule has 1 aromatic rings. The highest BCUT2D eigenvalue weighted by atomic mass is 35.5. The highest BCUT2D eigenvalue weighted by molar-refractivity contribution is 7.80. The van der Waals surface area contributed by atoms with Crippen LogP contribution in [-0.2, 0) is 6.54 Å². The summed E-state index contributed by atoms with van der Waals surface area (Å²) < 4.78 is 5.09. The zero-order chi connectivity index (χ0) is 14.3. The second-order valence-corrected chi connectivity index (χ2v) is 6.79. The van der Waals surface area contributed by atoms with Gasteiger partial charge in [0.25, 0.3) is 0 Å². The van der Waals surface area contributed by atoms with E-state index in [9.17, 15) is 0 Å². The van der Waals surface area contributed by atoms with Crippen molar-refractivity contribution in [2.24, 2.45) is 0 Å². The third kappa shape index (κ3) is 2.64. The lowest BCUT2D eigenvalue weighted by Gasteiger charge is -2.57. The third-order valence-electron chi connectivity index (χ3n) is 4.32. The van der Waals surface area contributed by atoms with Crippen molar-refractivity contribution < 1.29 is 4.74 Å². The van der Waals surface area contributed by atoms with Crippen LogP contribution in [0.2, 0.25) is 5.02 Å². The molecule has 2 saturated heterocycles. The van der Waals surface area contributed by atoms with E-state index in [4.69, 9.17) is 16.3 Å². The molecular weight excluding hydrogens is 294 g/mol. The Kier molecular flexibility index (Phi) is 4.13. The van der Waals surface area contributed by atoms with Crippen LogP contribution in [0.5, 0.6) is 5.88 Å². The van der Waals surface area contributed by atoms with Gasteiger partial charge in [0.05, 0.1) is 12.5 Å². The summed E-state index contributed by atoms with van der Waals surface area (Å²) in [5, 5.41) is 0.931. The van der Waals surface area contributed by atoms with E-state index in [0.29, 0.717) is 28.4 Å². The average Bonchev–Trinajstić information content (AvgIpc) is 2.45. The molecule has 2 aliphatic heterocycles. The molecule has 3 rings (SSSR count). The van der Waals surface area contributed by atoms with E-state index in [-0.39, 0.29) is 0 Å². The van der Waals surface area contributed by atoms with Gasteiger partial charge in [-0.15, -0.1) is 0 Å². The lowest BCUT2D eigenvalue weighted by molar-refractivity contribution is -0.0765. The van der Waals surface area contributed by atoms with Crippen LogP contribution in [0.15, 0.2) is 12.3 Å². The molecule has 2 aliphatic rings. The number of hydrogen-bond donors (Lipinski definition) is 1. The molecule has 0 amide bonds. The van der Waals surface area contributed by atoms with E-state index in [1.165, 1.54) is 6.42 Å². The number of ether oxygens (including phenoxy) is 1. The van der Waals surface area contributed by atoms with Gasteiger partial charge in [-0.05, 0) is 25.0 Å². The van der Waals surface area contributed by atoms with Crippen LogP contribution in [0.25, 0.3) is 0 Å². The van der Waals surface area contributed by atoms with Crippen LogP contribution in [-0.4, -0.2) is 52.4 Å². The summed E-state index contributed by atoms with van der Waals surface area (Å²) in [6, 6.07) is 3.24. The van der Waals surface area contributed by atoms with E-state index in [1.807, 2.05) is 12.3 Å². The first-order chi connectivity index (χ1) is 9.58. The maximum atomic E-state index is 6.14. The first kappa shape index (κ1) is 14.4. The molecule has 1 aromatic heterocycles. The molecule has 110 valence electrons. The van der Waals surface area contributed by atoms with Gasteiger partial charge >= 0.3 is 0 Å². The Morgan fingerprint density at radius 3 is 2.75 bits per heavy atom. The highest BCUT2D eigenvalue weighted by Gasteiger charge is 2.44. The predicted molar refractivity (Wildman–Crippen MR) is 83.6 cm³/mol. The number of aromatic nitrogens is 1. The topological polar surface area (TPSA) is 28.6 Å². The Morgan fingerprint density at radius 1 is 1.50 bits per heavy atom. The standard InChI is InChI=1S/C14H20ClN3OS/c1-9(20)17-7-11-4-12(8-17)18(11)6-10-3-13(15)14(19-2)16-5-10/h3,5,9,11-12,20H,4,6-8H2,1-2H3. The summed E-state index contributed by atoms with van der Waals surface area (Å²) in [7, 11) is 1.58. The Morgan fingerprint density at radius 2 is 2.20 bits per heavy atom. The minimum absolute atomic E-state index is 0.347. The van der Waals surface area contributed by atoms with Gasteiger partial charge in [-0.25, -0.2) is 4.98 Å². The van der Waals surface area contributed by atoms with E-state index in [2.05, 4.69) is 34.3 Å². The number of piperazine rings is 1. The molecule has 20 heavy (non-hydrogen) atoms. The lowest BCUT2D eigenvalue weighted by atomic mass is 9.87. The molecule has 0 aliphatic carbocycles. The molecule has 6 heteroatoms. The predicted octanol–water partition coefficient (Wildman–Crippen LogP) is 2.28. The maximum Gasteiger partial charge on any atom is 0.232 e. The van der Waals surface area contributed by atoms with Crippen molar-refractivity contribution >= 4 is 24.2 Å². The van der Waals surface area contributed by atoms with E-state index >= 15 is 0 Å². The molecule has 0 aromatic carbocycles. The normalized spacial score (nSPS) is 28.0. The number of methoxy groups -OCH3 is 1. The monoisotopic (exact) mass is 313 g/mol. The van der Waals surface area contributed by atoms with Crippen LogP contribution >= 0.6 is 24.2 Å². The second-order valence-electron chi connectivity index (χ2n) is 5.64. The Bertz CT molecular complexity index is 487. The molecule has 2 fully saturated rings. The Labute approximate surface area is 130 Å². The molecule has 0 saturated carbocycles. The number of thiol groups is 1. The first-order valence-electron chi connectivity index (χ1n) is 6.94. The third-order valence-corrected chi connectivity index (χ3v) is 4.92. The van der Waals surface area contributed by atoms with Gasteiger partial charge in [0.15, 0.2) is 0 Å². The molecular formula is C14H20ClN3OS. The van der Waals surface area contributed by atoms with Crippen LogP contribution in [0.1, 0.15) is 18.9 Å². The average molecular weight is 314 g/mol. The summed E-state index contributed by atoms with van der Waals surface area (Å²) in [6.45, 7) is 5.28.